The zero-order chi connectivity index (χ0) is 9.72. The highest BCUT2D eigenvalue weighted by molar-refractivity contribution is 6.48. The van der Waals surface area contributed by atoms with Gasteiger partial charge in [-0.25, -0.2) is 4.79 Å². The molecule has 0 spiro atoms. The van der Waals surface area contributed by atoms with Crippen molar-refractivity contribution in [1.82, 2.24) is 0 Å². The van der Waals surface area contributed by atoms with Crippen molar-refractivity contribution >= 4 is 29.2 Å². The first-order chi connectivity index (χ1) is 5.66. The molecule has 1 aliphatic heterocycles. The van der Waals surface area contributed by atoms with E-state index in [2.05, 4.69) is 9.47 Å². The second-order valence-corrected chi connectivity index (χ2v) is 2.42. The van der Waals surface area contributed by atoms with Crippen LogP contribution in [0.25, 0.3) is 0 Å². The summed E-state index contributed by atoms with van der Waals surface area (Å²) in [5.41, 5.74) is 0. The van der Waals surface area contributed by atoms with Gasteiger partial charge in [-0.15, -0.1) is 0 Å². The van der Waals surface area contributed by atoms with E-state index < -0.39 is 12.3 Å². The molecule has 1 heterocycles. The highest BCUT2D eigenvalue weighted by Gasteiger charge is 2.31. The topological polar surface area (TPSA) is 35.5 Å². The van der Waals surface area contributed by atoms with Gasteiger partial charge in [-0.1, -0.05) is 37.0 Å². The van der Waals surface area contributed by atoms with Gasteiger partial charge < -0.3 is 9.47 Å². The maximum atomic E-state index is 10.6. The molecule has 0 saturated carbocycles. The quantitative estimate of drug-likeness (QED) is 0.626. The lowest BCUT2D eigenvalue weighted by molar-refractivity contribution is -0.154. The number of esters is 1. The summed E-state index contributed by atoms with van der Waals surface area (Å²) in [4.78, 5) is 10.6. The number of cyclic esters (lactones) is 1. The highest BCUT2D eigenvalue weighted by Crippen LogP contribution is 2.28. The van der Waals surface area contributed by atoms with Crippen LogP contribution < -0.4 is 0 Å². The van der Waals surface area contributed by atoms with Gasteiger partial charge in [0.05, 0.1) is 0 Å². The predicted molar refractivity (Wildman–Crippen MR) is 47.0 cm³/mol. The molecule has 0 aromatic heterocycles. The number of halogens is 2. The summed E-state index contributed by atoms with van der Waals surface area (Å²) in [6, 6.07) is 0. The number of carbonyl (C=O) groups is 1. The SMILES string of the molecule is CC.COC1OC(=O)C(Cl)=C1Cl. The molecule has 0 radical (unpaired) electrons. The molecule has 1 atom stereocenters. The largest absolute Gasteiger partial charge is 0.426 e. The molecule has 5 heteroatoms. The third kappa shape index (κ3) is 2.37. The molecule has 1 aliphatic rings. The summed E-state index contributed by atoms with van der Waals surface area (Å²) in [5.74, 6) is -0.640. The fourth-order valence-corrected chi connectivity index (χ4v) is 0.898. The molecule has 1 rings (SSSR count). The normalized spacial score (nSPS) is 21.8. The molecule has 0 bridgehead atoms. The Bertz CT molecular complexity index is 201. The van der Waals surface area contributed by atoms with Crippen LogP contribution in [0.2, 0.25) is 0 Å². The van der Waals surface area contributed by atoms with Crippen LogP contribution in [0, 0.1) is 0 Å². The maximum Gasteiger partial charge on any atom is 0.353 e. The molecule has 0 aromatic rings. The number of methoxy groups -OCH3 is 1. The molecular weight excluding hydrogens is 203 g/mol. The fourth-order valence-electron chi connectivity index (χ4n) is 0.553. The first kappa shape index (κ1) is 11.8. The first-order valence-electron chi connectivity index (χ1n) is 3.45. The van der Waals surface area contributed by atoms with E-state index in [1.807, 2.05) is 13.8 Å². The van der Waals surface area contributed by atoms with E-state index in [4.69, 9.17) is 23.2 Å². The monoisotopic (exact) mass is 212 g/mol. The van der Waals surface area contributed by atoms with E-state index in [0.717, 1.165) is 0 Å². The molecule has 3 nitrogen and oxygen atoms in total. The van der Waals surface area contributed by atoms with Gasteiger partial charge in [-0.2, -0.15) is 0 Å². The molecule has 0 fully saturated rings. The summed E-state index contributed by atoms with van der Waals surface area (Å²) >= 11 is 10.9. The van der Waals surface area contributed by atoms with Crippen LogP contribution in [0.15, 0.2) is 10.1 Å². The second-order valence-electron chi connectivity index (χ2n) is 1.63. The van der Waals surface area contributed by atoms with Gasteiger partial charge in [-0.3, -0.25) is 0 Å². The van der Waals surface area contributed by atoms with Crippen LogP contribution in [0.5, 0.6) is 0 Å². The summed E-state index contributed by atoms with van der Waals surface area (Å²) < 4.78 is 9.18. The van der Waals surface area contributed by atoms with Crippen LogP contribution in [-0.2, 0) is 14.3 Å². The van der Waals surface area contributed by atoms with Crippen LogP contribution in [0.3, 0.4) is 0 Å². The number of rotatable bonds is 1. The third-order valence-corrected chi connectivity index (χ3v) is 1.85. The number of hydrogen-bond acceptors (Lipinski definition) is 3. The van der Waals surface area contributed by atoms with Crippen molar-refractivity contribution < 1.29 is 14.3 Å². The van der Waals surface area contributed by atoms with Crippen LogP contribution >= 0.6 is 23.2 Å². The lowest BCUT2D eigenvalue weighted by Crippen LogP contribution is -2.11. The molecule has 1 unspecified atom stereocenters. The molecule has 12 heavy (non-hydrogen) atoms. The summed E-state index contributed by atoms with van der Waals surface area (Å²) in [5, 5.41) is 0.00248. The molecule has 0 amide bonds. The van der Waals surface area contributed by atoms with E-state index >= 15 is 0 Å². The Morgan fingerprint density at radius 1 is 1.42 bits per heavy atom. The molecule has 0 aliphatic carbocycles. The standard InChI is InChI=1S/C5H4Cl2O3.C2H6/c1-9-5-3(7)2(6)4(8)10-5;1-2/h5H,1H3;1-2H3. The Morgan fingerprint density at radius 2 is 1.92 bits per heavy atom. The predicted octanol–water partition coefficient (Wildman–Crippen LogP) is 2.23. The maximum absolute atomic E-state index is 10.6. The van der Waals surface area contributed by atoms with Crippen molar-refractivity contribution in [3.8, 4) is 0 Å². The Morgan fingerprint density at radius 3 is 2.08 bits per heavy atom. The number of ether oxygens (including phenoxy) is 2. The minimum atomic E-state index is -0.818. The van der Waals surface area contributed by atoms with Gasteiger partial charge in [0, 0.05) is 7.11 Å². The van der Waals surface area contributed by atoms with Gasteiger partial charge in [0.1, 0.15) is 10.1 Å². The molecule has 0 aromatic carbocycles. The van der Waals surface area contributed by atoms with Gasteiger partial charge >= 0.3 is 5.97 Å². The van der Waals surface area contributed by atoms with Crippen LogP contribution in [-0.4, -0.2) is 19.4 Å². The minimum Gasteiger partial charge on any atom is -0.426 e. The Hall–Kier alpha value is -0.250. The number of carbonyl (C=O) groups excluding carboxylic acids is 1. The second kappa shape index (κ2) is 5.41. The lowest BCUT2D eigenvalue weighted by atomic mass is 10.5. The summed E-state index contributed by atoms with van der Waals surface area (Å²) in [6.07, 6.45) is -0.818. The Kier molecular flexibility index (Phi) is 5.29. The van der Waals surface area contributed by atoms with Crippen molar-refractivity contribution in [3.05, 3.63) is 10.1 Å². The van der Waals surface area contributed by atoms with Gasteiger partial charge in [0.2, 0.25) is 6.29 Å². The Labute approximate surface area is 81.2 Å². The average molecular weight is 213 g/mol. The average Bonchev–Trinajstić information content (AvgIpc) is 2.36. The van der Waals surface area contributed by atoms with Gasteiger partial charge in [0.15, 0.2) is 0 Å². The van der Waals surface area contributed by atoms with E-state index in [1.54, 1.807) is 0 Å². The van der Waals surface area contributed by atoms with Crippen molar-refractivity contribution in [2.75, 3.05) is 7.11 Å². The number of hydrogen-bond donors (Lipinski definition) is 0. The van der Waals surface area contributed by atoms with Crippen molar-refractivity contribution in [2.45, 2.75) is 20.1 Å². The molecular formula is C7H10Cl2O3. The summed E-state index contributed by atoms with van der Waals surface area (Å²) in [6.45, 7) is 4.00. The van der Waals surface area contributed by atoms with Gasteiger partial charge in [-0.05, 0) is 0 Å². The first-order valence-corrected chi connectivity index (χ1v) is 4.21. The van der Waals surface area contributed by atoms with E-state index in [1.165, 1.54) is 7.11 Å². The smallest absolute Gasteiger partial charge is 0.353 e. The van der Waals surface area contributed by atoms with Gasteiger partial charge in [0.25, 0.3) is 0 Å². The van der Waals surface area contributed by atoms with Crippen molar-refractivity contribution in [1.29, 1.82) is 0 Å². The van der Waals surface area contributed by atoms with Crippen LogP contribution in [0.4, 0.5) is 0 Å². The highest BCUT2D eigenvalue weighted by atomic mass is 35.5. The third-order valence-electron chi connectivity index (χ3n) is 1.02. The molecule has 0 N–H and O–H groups in total. The summed E-state index contributed by atoms with van der Waals surface area (Å²) in [7, 11) is 1.37. The molecule has 70 valence electrons. The van der Waals surface area contributed by atoms with Crippen molar-refractivity contribution in [3.63, 3.8) is 0 Å². The lowest BCUT2D eigenvalue weighted by Gasteiger charge is -2.05. The zero-order valence-corrected chi connectivity index (χ0v) is 8.57. The molecule has 0 saturated heterocycles. The Balaban J connectivity index is 0.000000561. The fraction of sp³-hybridized carbons (Fsp3) is 0.571. The van der Waals surface area contributed by atoms with E-state index in [0.29, 0.717) is 0 Å². The van der Waals surface area contributed by atoms with Crippen LogP contribution in [0.1, 0.15) is 13.8 Å². The van der Waals surface area contributed by atoms with Crippen molar-refractivity contribution in [2.24, 2.45) is 0 Å². The minimum absolute atomic E-state index is 0.103. The van der Waals surface area contributed by atoms with E-state index in [9.17, 15) is 4.79 Å². The van der Waals surface area contributed by atoms with E-state index in [-0.39, 0.29) is 10.1 Å². The zero-order valence-electron chi connectivity index (χ0n) is 7.06.